The number of hydrogen-bond donors (Lipinski definition) is 1. The van der Waals surface area contributed by atoms with Gasteiger partial charge in [-0.15, -0.1) is 0 Å². The molecule has 0 bridgehead atoms. The van der Waals surface area contributed by atoms with Gasteiger partial charge in [-0.05, 0) is 54.7 Å². The Balaban J connectivity index is 0.00000168. The zero-order valence-corrected chi connectivity index (χ0v) is 14.1. The summed E-state index contributed by atoms with van der Waals surface area (Å²) in [6.07, 6.45) is 4.29. The number of ether oxygens (including phenoxy) is 2. The smallest absolute Gasteiger partial charge is 0.231 e. The fraction of sp³-hybridized carbons (Fsp3) is 0.286. The van der Waals surface area contributed by atoms with Crippen molar-refractivity contribution in [1.82, 2.24) is 4.98 Å². The summed E-state index contributed by atoms with van der Waals surface area (Å²) in [5.41, 5.74) is 4.09. The third kappa shape index (κ3) is 2.24. The van der Waals surface area contributed by atoms with Crippen LogP contribution in [0.25, 0.3) is 10.9 Å². The van der Waals surface area contributed by atoms with Crippen molar-refractivity contribution in [3.63, 3.8) is 0 Å². The molecule has 0 spiro atoms. The monoisotopic (exact) mass is 335 g/mol. The van der Waals surface area contributed by atoms with Crippen molar-refractivity contribution >= 4 is 16.7 Å². The number of carbonyl (C=O) groups excluding carboxylic acids is 1. The first-order valence-corrected chi connectivity index (χ1v) is 8.66. The highest BCUT2D eigenvalue weighted by molar-refractivity contribution is 5.95. The largest absolute Gasteiger partial charge is 0.454 e. The number of ketones is 1. The predicted octanol–water partition coefficient (Wildman–Crippen LogP) is 4.29. The van der Waals surface area contributed by atoms with Gasteiger partial charge >= 0.3 is 0 Å². The lowest BCUT2D eigenvalue weighted by molar-refractivity contribution is -0.120. The Bertz CT molecular complexity index is 1000. The second-order valence-corrected chi connectivity index (χ2v) is 7.10. The maximum Gasteiger partial charge on any atom is 0.231 e. The summed E-state index contributed by atoms with van der Waals surface area (Å²) in [5, 5.41) is 1.22. The Labute approximate surface area is 147 Å². The molecule has 1 saturated carbocycles. The molecule has 128 valence electrons. The summed E-state index contributed by atoms with van der Waals surface area (Å²) >= 11 is 0. The van der Waals surface area contributed by atoms with Crippen molar-refractivity contribution in [1.29, 1.82) is 0 Å². The maximum absolute atomic E-state index is 13.1. The molecule has 0 amide bonds. The molecule has 1 aromatic heterocycles. The van der Waals surface area contributed by atoms with Crippen LogP contribution in [0.3, 0.4) is 0 Å². The van der Waals surface area contributed by atoms with E-state index >= 15 is 0 Å². The second kappa shape index (κ2) is 5.12. The molecule has 1 aliphatic heterocycles. The molecule has 2 aliphatic rings. The summed E-state index contributed by atoms with van der Waals surface area (Å²) in [5.74, 6) is 1.80. The van der Waals surface area contributed by atoms with Crippen molar-refractivity contribution in [2.24, 2.45) is 0 Å². The van der Waals surface area contributed by atoms with Crippen LogP contribution >= 0.6 is 0 Å². The number of nitrogens with one attached hydrogen (secondary N) is 1. The maximum atomic E-state index is 13.1. The standard InChI is InChI=1S/C21H19NO3.H2/c1-13-11-22-17-8-14(2-4-16(13)17)9-20(23)21(6-7-21)15-3-5-18-19(10-15)25-12-24-18;/h2-5,8,10-11,22H,6-7,9,12H2,1H3;1H. The Kier molecular flexibility index (Phi) is 2.99. The third-order valence-electron chi connectivity index (χ3n) is 5.53. The van der Waals surface area contributed by atoms with E-state index in [0.717, 1.165) is 41.0 Å². The number of carbonyl (C=O) groups is 1. The van der Waals surface area contributed by atoms with E-state index in [2.05, 4.69) is 30.1 Å². The number of rotatable bonds is 4. The van der Waals surface area contributed by atoms with E-state index in [4.69, 9.17) is 9.47 Å². The molecule has 3 aromatic rings. The van der Waals surface area contributed by atoms with Gasteiger partial charge in [0.1, 0.15) is 5.78 Å². The Morgan fingerprint density at radius 2 is 2.00 bits per heavy atom. The van der Waals surface area contributed by atoms with Crippen LogP contribution in [0.4, 0.5) is 0 Å². The van der Waals surface area contributed by atoms with Crippen LogP contribution in [0.15, 0.2) is 42.6 Å². The van der Waals surface area contributed by atoms with Crippen LogP contribution in [0.5, 0.6) is 11.5 Å². The quantitative estimate of drug-likeness (QED) is 0.773. The Morgan fingerprint density at radius 3 is 2.84 bits per heavy atom. The van der Waals surface area contributed by atoms with E-state index in [1.54, 1.807) is 0 Å². The van der Waals surface area contributed by atoms with Crippen LogP contribution < -0.4 is 9.47 Å². The second-order valence-electron chi connectivity index (χ2n) is 7.10. The van der Waals surface area contributed by atoms with Gasteiger partial charge in [-0.25, -0.2) is 0 Å². The fourth-order valence-electron chi connectivity index (χ4n) is 3.83. The topological polar surface area (TPSA) is 51.3 Å². The van der Waals surface area contributed by atoms with E-state index in [-0.39, 0.29) is 19.4 Å². The number of benzene rings is 2. The van der Waals surface area contributed by atoms with Gasteiger partial charge in [-0.3, -0.25) is 4.79 Å². The minimum Gasteiger partial charge on any atom is -0.454 e. The SMILES string of the molecule is Cc1c[nH]c2cc(CC(=O)C3(c4ccc5c(c4)OCO5)CC3)ccc12.[HH]. The van der Waals surface area contributed by atoms with Crippen molar-refractivity contribution in [3.8, 4) is 11.5 Å². The summed E-state index contributed by atoms with van der Waals surface area (Å²) in [7, 11) is 0. The van der Waals surface area contributed by atoms with E-state index in [0.29, 0.717) is 6.42 Å². The number of aromatic nitrogens is 1. The average molecular weight is 335 g/mol. The molecule has 1 aliphatic carbocycles. The number of fused-ring (bicyclic) bond motifs is 2. The van der Waals surface area contributed by atoms with Gasteiger partial charge in [0, 0.05) is 24.9 Å². The zero-order valence-electron chi connectivity index (χ0n) is 14.1. The first-order chi connectivity index (χ1) is 12.2. The third-order valence-corrected chi connectivity index (χ3v) is 5.53. The van der Waals surface area contributed by atoms with Crippen molar-refractivity contribution in [2.75, 3.05) is 6.79 Å². The number of hydrogen-bond acceptors (Lipinski definition) is 3. The van der Waals surface area contributed by atoms with Gasteiger partial charge in [-0.2, -0.15) is 0 Å². The van der Waals surface area contributed by atoms with E-state index in [1.165, 1.54) is 10.9 Å². The number of aromatic amines is 1. The molecule has 0 atom stereocenters. The molecule has 0 radical (unpaired) electrons. The minimum atomic E-state index is -0.346. The predicted molar refractivity (Wildman–Crippen MR) is 97.3 cm³/mol. The van der Waals surface area contributed by atoms with E-state index in [1.807, 2.05) is 24.4 Å². The molecule has 0 saturated heterocycles. The van der Waals surface area contributed by atoms with Gasteiger partial charge < -0.3 is 14.5 Å². The summed E-state index contributed by atoms with van der Waals surface area (Å²) in [6.45, 7) is 2.35. The normalized spacial score (nSPS) is 17.0. The summed E-state index contributed by atoms with van der Waals surface area (Å²) in [4.78, 5) is 16.3. The van der Waals surface area contributed by atoms with Gasteiger partial charge in [-0.1, -0.05) is 18.2 Å². The zero-order chi connectivity index (χ0) is 17.0. The lowest BCUT2D eigenvalue weighted by Crippen LogP contribution is -2.22. The van der Waals surface area contributed by atoms with Crippen LogP contribution in [0.1, 0.15) is 31.0 Å². The molecule has 1 N–H and O–H groups in total. The van der Waals surface area contributed by atoms with Crippen molar-refractivity contribution < 1.29 is 15.7 Å². The lowest BCUT2D eigenvalue weighted by Gasteiger charge is -2.15. The van der Waals surface area contributed by atoms with Gasteiger partial charge in [0.2, 0.25) is 6.79 Å². The molecule has 4 heteroatoms. The van der Waals surface area contributed by atoms with Crippen LogP contribution in [-0.4, -0.2) is 17.6 Å². The number of Topliss-reactive ketones (excluding diaryl/α,β-unsaturated/α-hetero) is 1. The van der Waals surface area contributed by atoms with Gasteiger partial charge in [0.15, 0.2) is 11.5 Å². The molecule has 2 aromatic carbocycles. The highest BCUT2D eigenvalue weighted by Gasteiger charge is 2.50. The fourth-order valence-corrected chi connectivity index (χ4v) is 3.83. The molecular weight excluding hydrogens is 314 g/mol. The van der Waals surface area contributed by atoms with Crippen LogP contribution in [0.2, 0.25) is 0 Å². The summed E-state index contributed by atoms with van der Waals surface area (Å²) in [6, 6.07) is 12.2. The molecule has 5 rings (SSSR count). The van der Waals surface area contributed by atoms with Gasteiger partial charge in [0.05, 0.1) is 5.41 Å². The Hall–Kier alpha value is -2.75. The van der Waals surface area contributed by atoms with Gasteiger partial charge in [0.25, 0.3) is 0 Å². The first kappa shape index (κ1) is 14.6. The molecule has 2 heterocycles. The van der Waals surface area contributed by atoms with Crippen molar-refractivity contribution in [3.05, 3.63) is 59.3 Å². The van der Waals surface area contributed by atoms with E-state index in [9.17, 15) is 4.79 Å². The molecule has 4 nitrogen and oxygen atoms in total. The minimum absolute atomic E-state index is 0. The number of H-pyrrole nitrogens is 1. The molecule has 0 unspecified atom stereocenters. The molecular formula is C21H21NO3. The van der Waals surface area contributed by atoms with Crippen LogP contribution in [-0.2, 0) is 16.6 Å². The number of aryl methyl sites for hydroxylation is 1. The highest BCUT2D eigenvalue weighted by Crippen LogP contribution is 2.51. The average Bonchev–Trinajstić information content (AvgIpc) is 3.17. The molecule has 25 heavy (non-hydrogen) atoms. The lowest BCUT2D eigenvalue weighted by atomic mass is 9.87. The first-order valence-electron chi connectivity index (χ1n) is 8.66. The molecule has 1 fully saturated rings. The Morgan fingerprint density at radius 1 is 1.16 bits per heavy atom. The van der Waals surface area contributed by atoms with Crippen molar-refractivity contribution in [2.45, 2.75) is 31.6 Å². The summed E-state index contributed by atoms with van der Waals surface area (Å²) < 4.78 is 10.8. The highest BCUT2D eigenvalue weighted by atomic mass is 16.7. The van der Waals surface area contributed by atoms with Crippen LogP contribution in [0, 0.1) is 6.92 Å². The van der Waals surface area contributed by atoms with E-state index < -0.39 is 0 Å².